The maximum atomic E-state index is 0. The Hall–Kier alpha value is 0.260. The SMILES string of the molecule is C.[B].[B].[B].[B]. The van der Waals surface area contributed by atoms with E-state index in [0.717, 1.165) is 0 Å². The molecule has 0 aliphatic carbocycles. The van der Waals surface area contributed by atoms with Crippen molar-refractivity contribution in [3.63, 3.8) is 0 Å². The molecule has 4 heteroatoms. The summed E-state index contributed by atoms with van der Waals surface area (Å²) in [5.74, 6) is 0. The highest BCUT2D eigenvalue weighted by molar-refractivity contribution is 5.76. The minimum atomic E-state index is 0. The molecule has 0 atom stereocenters. The van der Waals surface area contributed by atoms with E-state index < -0.39 is 0 Å². The summed E-state index contributed by atoms with van der Waals surface area (Å²) in [4.78, 5) is 0. The Morgan fingerprint density at radius 2 is 0.400 bits per heavy atom. The summed E-state index contributed by atoms with van der Waals surface area (Å²) in [6.07, 6.45) is 0. The lowest BCUT2D eigenvalue weighted by molar-refractivity contribution is 2.50. The highest BCUT2D eigenvalue weighted by atomic mass is 12.0. The van der Waals surface area contributed by atoms with Gasteiger partial charge >= 0.3 is 0 Å². The third kappa shape index (κ3) is 322. The Morgan fingerprint density at radius 1 is 0.400 bits per heavy atom. The molecule has 0 N–H and O–H groups in total. The van der Waals surface area contributed by atoms with Gasteiger partial charge in [-0.25, -0.2) is 0 Å². The third-order valence-corrected chi connectivity index (χ3v) is 0. The molecule has 5 heavy (non-hydrogen) atoms. The zero-order chi connectivity index (χ0) is 0. The quantitative estimate of drug-likeness (QED) is 0.318. The standard InChI is InChI=1S/CH4.4B/h1H4;;;;. The van der Waals surface area contributed by atoms with Gasteiger partial charge in [-0.3, -0.25) is 0 Å². The van der Waals surface area contributed by atoms with Crippen LogP contribution in [0.15, 0.2) is 0 Å². The van der Waals surface area contributed by atoms with Gasteiger partial charge in [0.15, 0.2) is 0 Å². The van der Waals surface area contributed by atoms with Crippen molar-refractivity contribution in [3.05, 3.63) is 0 Å². The summed E-state index contributed by atoms with van der Waals surface area (Å²) in [5, 5.41) is 0. The molecule has 0 amide bonds. The molecule has 12 radical (unpaired) electrons. The van der Waals surface area contributed by atoms with Gasteiger partial charge in [-0.15, -0.1) is 0 Å². The highest BCUT2D eigenvalue weighted by Gasteiger charge is 0.00305. The van der Waals surface area contributed by atoms with Gasteiger partial charge in [-0.05, 0) is 0 Å². The van der Waals surface area contributed by atoms with E-state index in [-0.39, 0.29) is 41.1 Å². The molecule has 20 valence electrons. The molecular weight excluding hydrogens is 55.3 g/mol. The van der Waals surface area contributed by atoms with Crippen LogP contribution in [-0.2, 0) is 0 Å². The van der Waals surface area contributed by atoms with E-state index in [1.165, 1.54) is 0 Å². The van der Waals surface area contributed by atoms with Crippen LogP contribution in [0.2, 0.25) is 0 Å². The lowest BCUT2D eigenvalue weighted by atomic mass is 10.8. The molecule has 0 spiro atoms. The fourth-order valence-corrected chi connectivity index (χ4v) is 0. The lowest BCUT2D eigenvalue weighted by Gasteiger charge is -0.0776. The van der Waals surface area contributed by atoms with Crippen LogP contribution in [0, 0.1) is 0 Å². The van der Waals surface area contributed by atoms with Crippen molar-refractivity contribution >= 4 is 33.7 Å². The summed E-state index contributed by atoms with van der Waals surface area (Å²) in [6.45, 7) is 0. The zero-order valence-corrected chi connectivity index (χ0v) is 2.31. The van der Waals surface area contributed by atoms with Gasteiger partial charge in [0, 0.05) is 33.7 Å². The first-order chi connectivity index (χ1) is 0. The normalized spacial score (nSPS) is 0. The van der Waals surface area contributed by atoms with Crippen LogP contribution in [0.5, 0.6) is 0 Å². The fraction of sp³-hybridized carbons (Fsp3) is 1.00. The predicted molar refractivity (Wildman–Crippen MR) is 29.7 cm³/mol. The maximum absolute atomic E-state index is 0. The van der Waals surface area contributed by atoms with Gasteiger partial charge < -0.3 is 0 Å². The van der Waals surface area contributed by atoms with Crippen LogP contribution in [0.1, 0.15) is 7.43 Å². The predicted octanol–water partition coefficient (Wildman–Crippen LogP) is -0.887. The molecule has 0 bridgehead atoms. The molecule has 0 heterocycles. The van der Waals surface area contributed by atoms with E-state index in [9.17, 15) is 0 Å². The number of hydrogen-bond donors (Lipinski definition) is 0. The van der Waals surface area contributed by atoms with Gasteiger partial charge in [-0.2, -0.15) is 0 Å². The summed E-state index contributed by atoms with van der Waals surface area (Å²) in [6, 6.07) is 0. The fourth-order valence-electron chi connectivity index (χ4n) is 0. The molecule has 0 aromatic rings. The average molecular weight is 59.3 g/mol. The van der Waals surface area contributed by atoms with E-state index in [0.29, 0.717) is 0 Å². The molecule has 0 nitrogen and oxygen atoms in total. The van der Waals surface area contributed by atoms with Crippen molar-refractivity contribution in [2.24, 2.45) is 0 Å². The summed E-state index contributed by atoms with van der Waals surface area (Å²) in [5.41, 5.74) is 0. The van der Waals surface area contributed by atoms with E-state index in [4.69, 9.17) is 0 Å². The number of rotatable bonds is 0. The smallest absolute Gasteiger partial charge is 0 e. The van der Waals surface area contributed by atoms with Crippen molar-refractivity contribution in [1.82, 2.24) is 0 Å². The molecule has 0 aromatic carbocycles. The van der Waals surface area contributed by atoms with Crippen molar-refractivity contribution in [1.29, 1.82) is 0 Å². The molecule has 0 saturated carbocycles. The second-order valence-electron chi connectivity index (χ2n) is 0. The second kappa shape index (κ2) is 671. The molecule has 0 aliphatic heterocycles. The Balaban J connectivity index is 0. The molecule has 0 fully saturated rings. The first kappa shape index (κ1) is 1410. The van der Waals surface area contributed by atoms with Gasteiger partial charge in [0.1, 0.15) is 0 Å². The van der Waals surface area contributed by atoms with Crippen LogP contribution < -0.4 is 0 Å². The third-order valence-electron chi connectivity index (χ3n) is 0. The van der Waals surface area contributed by atoms with E-state index in [2.05, 4.69) is 0 Å². The molecule has 0 aromatic heterocycles. The molecule has 0 unspecified atom stereocenters. The Morgan fingerprint density at radius 3 is 0.400 bits per heavy atom. The average Bonchev–Trinajstić information content (AvgIpc) is 0. The van der Waals surface area contributed by atoms with Gasteiger partial charge in [-0.1, -0.05) is 7.43 Å². The molecule has 0 rings (SSSR count). The van der Waals surface area contributed by atoms with Crippen LogP contribution in [-0.4, -0.2) is 33.7 Å². The molecule has 0 saturated heterocycles. The first-order valence-corrected chi connectivity index (χ1v) is 0. The lowest BCUT2D eigenvalue weighted by Crippen LogP contribution is -0.382. The van der Waals surface area contributed by atoms with E-state index in [1.54, 1.807) is 0 Å². The van der Waals surface area contributed by atoms with Gasteiger partial charge in [0.2, 0.25) is 0 Å². The summed E-state index contributed by atoms with van der Waals surface area (Å²) in [7, 11) is 0. The van der Waals surface area contributed by atoms with Crippen LogP contribution in [0.3, 0.4) is 0 Å². The zero-order valence-electron chi connectivity index (χ0n) is 2.31. The van der Waals surface area contributed by atoms with Crippen molar-refractivity contribution in [3.8, 4) is 0 Å². The largest absolute Gasteiger partial charge is 0.0776 e. The van der Waals surface area contributed by atoms with Gasteiger partial charge in [0.25, 0.3) is 0 Å². The van der Waals surface area contributed by atoms with Crippen molar-refractivity contribution in [2.75, 3.05) is 0 Å². The van der Waals surface area contributed by atoms with Crippen LogP contribution in [0.25, 0.3) is 0 Å². The summed E-state index contributed by atoms with van der Waals surface area (Å²) < 4.78 is 0. The van der Waals surface area contributed by atoms with Crippen LogP contribution >= 0.6 is 0 Å². The highest BCUT2D eigenvalue weighted by Crippen LogP contribution is 0.144. The Kier molecular flexibility index (Phi) is 190000. The van der Waals surface area contributed by atoms with Crippen molar-refractivity contribution in [2.45, 2.75) is 7.43 Å². The second-order valence-corrected chi connectivity index (χ2v) is 0. The topological polar surface area (TPSA) is 0 Å². The monoisotopic (exact) mass is 60.1 g/mol. The first-order valence-electron chi connectivity index (χ1n) is 0. The van der Waals surface area contributed by atoms with E-state index in [1.807, 2.05) is 0 Å². The maximum Gasteiger partial charge on any atom is 0 e. The Bertz CT molecular complexity index is 3.61. The van der Waals surface area contributed by atoms with Crippen LogP contribution in [0.4, 0.5) is 0 Å². The van der Waals surface area contributed by atoms with Gasteiger partial charge in [0.05, 0.1) is 0 Å². The minimum Gasteiger partial charge on any atom is -0.0776 e. The molecule has 0 aliphatic rings. The van der Waals surface area contributed by atoms with E-state index >= 15 is 0 Å². The summed E-state index contributed by atoms with van der Waals surface area (Å²) >= 11 is 0. The Labute approximate surface area is 42.0 Å². The van der Waals surface area contributed by atoms with Crippen molar-refractivity contribution < 1.29 is 0 Å². The minimum absolute atomic E-state index is 0. The number of hydrogen-bond acceptors (Lipinski definition) is 0. The molecular formula is CH4B4.